The molecule has 1 amide bonds. The largest absolute Gasteiger partial charge is 0.438 e. The second-order valence-corrected chi connectivity index (χ2v) is 4.66. The Hall–Kier alpha value is -1.36. The molecule has 86 valence electrons. The normalized spacial score (nSPS) is 28.4. The van der Waals surface area contributed by atoms with E-state index < -0.39 is 0 Å². The van der Waals surface area contributed by atoms with E-state index in [1.54, 1.807) is 6.92 Å². The predicted molar refractivity (Wildman–Crippen MR) is 57.0 cm³/mol. The number of aromatic nitrogens is 1. The van der Waals surface area contributed by atoms with E-state index in [1.165, 1.54) is 6.39 Å². The fraction of sp³-hybridized carbons (Fsp3) is 0.636. The standard InChI is InChI=1S/C11H15N3O2/c1-7-10(16-6-13-7)11(15)14-4-8-2-12-3-9(8)5-14/h6,8-9,12H,2-5H2,1H3. The smallest absolute Gasteiger partial charge is 0.291 e. The summed E-state index contributed by atoms with van der Waals surface area (Å²) in [5.41, 5.74) is 0.681. The zero-order valence-electron chi connectivity index (χ0n) is 9.27. The summed E-state index contributed by atoms with van der Waals surface area (Å²) >= 11 is 0. The maximum atomic E-state index is 12.1. The van der Waals surface area contributed by atoms with Gasteiger partial charge < -0.3 is 14.6 Å². The molecule has 1 N–H and O–H groups in total. The van der Waals surface area contributed by atoms with Crippen molar-refractivity contribution in [2.24, 2.45) is 11.8 Å². The van der Waals surface area contributed by atoms with Gasteiger partial charge in [-0.1, -0.05) is 0 Å². The van der Waals surface area contributed by atoms with Gasteiger partial charge in [-0.05, 0) is 18.8 Å². The van der Waals surface area contributed by atoms with Crippen LogP contribution in [0.3, 0.4) is 0 Å². The fourth-order valence-electron chi connectivity index (χ4n) is 2.67. The van der Waals surface area contributed by atoms with Crippen LogP contribution in [0.1, 0.15) is 16.2 Å². The highest BCUT2D eigenvalue weighted by Gasteiger charge is 2.39. The Balaban J connectivity index is 1.75. The Morgan fingerprint density at radius 3 is 2.75 bits per heavy atom. The number of rotatable bonds is 1. The van der Waals surface area contributed by atoms with Crippen LogP contribution >= 0.6 is 0 Å². The molecule has 1 aromatic rings. The van der Waals surface area contributed by atoms with Gasteiger partial charge in [-0.2, -0.15) is 0 Å². The molecule has 16 heavy (non-hydrogen) atoms. The summed E-state index contributed by atoms with van der Waals surface area (Å²) in [6.45, 7) is 5.55. The van der Waals surface area contributed by atoms with Crippen LogP contribution in [0.5, 0.6) is 0 Å². The van der Waals surface area contributed by atoms with Crippen molar-refractivity contribution < 1.29 is 9.21 Å². The lowest BCUT2D eigenvalue weighted by Gasteiger charge is -2.15. The van der Waals surface area contributed by atoms with Crippen LogP contribution in [0, 0.1) is 18.8 Å². The van der Waals surface area contributed by atoms with Gasteiger partial charge in [0, 0.05) is 26.2 Å². The van der Waals surface area contributed by atoms with E-state index >= 15 is 0 Å². The number of nitrogens with zero attached hydrogens (tertiary/aromatic N) is 2. The second-order valence-electron chi connectivity index (χ2n) is 4.66. The van der Waals surface area contributed by atoms with Gasteiger partial charge in [0.2, 0.25) is 5.76 Å². The molecular weight excluding hydrogens is 206 g/mol. The molecule has 5 heteroatoms. The minimum atomic E-state index is -0.00981. The molecule has 2 aliphatic rings. The number of aryl methyl sites for hydroxylation is 1. The molecule has 2 saturated heterocycles. The molecule has 1 aromatic heterocycles. The van der Waals surface area contributed by atoms with Crippen LogP contribution in [0.2, 0.25) is 0 Å². The van der Waals surface area contributed by atoms with Gasteiger partial charge in [-0.15, -0.1) is 0 Å². The van der Waals surface area contributed by atoms with Crippen molar-refractivity contribution in [3.8, 4) is 0 Å². The monoisotopic (exact) mass is 221 g/mol. The van der Waals surface area contributed by atoms with Crippen molar-refractivity contribution in [2.45, 2.75) is 6.92 Å². The summed E-state index contributed by atoms with van der Waals surface area (Å²) in [4.78, 5) is 18.0. The van der Waals surface area contributed by atoms with Crippen molar-refractivity contribution in [1.29, 1.82) is 0 Å². The molecule has 3 heterocycles. The summed E-state index contributed by atoms with van der Waals surface area (Å²) < 4.78 is 5.14. The van der Waals surface area contributed by atoms with Crippen LogP contribution in [-0.4, -0.2) is 42.0 Å². The van der Waals surface area contributed by atoms with E-state index in [4.69, 9.17) is 4.42 Å². The zero-order chi connectivity index (χ0) is 11.1. The van der Waals surface area contributed by atoms with E-state index in [9.17, 15) is 4.79 Å². The molecule has 2 unspecified atom stereocenters. The number of fused-ring (bicyclic) bond motifs is 1. The Morgan fingerprint density at radius 1 is 1.50 bits per heavy atom. The minimum absolute atomic E-state index is 0.00981. The predicted octanol–water partition coefficient (Wildman–Crippen LogP) is 0.274. The summed E-state index contributed by atoms with van der Waals surface area (Å²) in [5, 5.41) is 3.36. The Morgan fingerprint density at radius 2 is 2.19 bits per heavy atom. The number of likely N-dealkylation sites (tertiary alicyclic amines) is 1. The van der Waals surface area contributed by atoms with Crippen LogP contribution in [-0.2, 0) is 0 Å². The van der Waals surface area contributed by atoms with Crippen LogP contribution in [0.15, 0.2) is 10.8 Å². The first-order valence-corrected chi connectivity index (χ1v) is 5.66. The van der Waals surface area contributed by atoms with Crippen molar-refractivity contribution in [2.75, 3.05) is 26.2 Å². The fourth-order valence-corrected chi connectivity index (χ4v) is 2.67. The first-order valence-electron chi connectivity index (χ1n) is 5.66. The number of amides is 1. The van der Waals surface area contributed by atoms with Crippen molar-refractivity contribution in [1.82, 2.24) is 15.2 Å². The lowest BCUT2D eigenvalue weighted by Crippen LogP contribution is -2.32. The number of hydrogen-bond donors (Lipinski definition) is 1. The van der Waals surface area contributed by atoms with E-state index in [0.29, 0.717) is 23.3 Å². The number of oxazole rings is 1. The molecule has 2 aliphatic heterocycles. The average Bonchev–Trinajstić information content (AvgIpc) is 2.89. The first kappa shape index (κ1) is 9.84. The zero-order valence-corrected chi connectivity index (χ0v) is 9.27. The van der Waals surface area contributed by atoms with Crippen molar-refractivity contribution in [3.63, 3.8) is 0 Å². The molecular formula is C11H15N3O2. The third-order valence-corrected chi connectivity index (χ3v) is 3.62. The van der Waals surface area contributed by atoms with Crippen molar-refractivity contribution in [3.05, 3.63) is 17.8 Å². The second kappa shape index (κ2) is 3.59. The minimum Gasteiger partial charge on any atom is -0.438 e. The summed E-state index contributed by atoms with van der Waals surface area (Å²) in [7, 11) is 0. The quantitative estimate of drug-likeness (QED) is 0.739. The van der Waals surface area contributed by atoms with E-state index in [0.717, 1.165) is 26.2 Å². The van der Waals surface area contributed by atoms with Gasteiger partial charge in [-0.3, -0.25) is 4.79 Å². The number of carbonyl (C=O) groups excluding carboxylic acids is 1. The Bertz CT molecular complexity index is 403. The SMILES string of the molecule is Cc1ncoc1C(=O)N1CC2CNCC2C1. The van der Waals surface area contributed by atoms with E-state index in [1.807, 2.05) is 4.90 Å². The van der Waals surface area contributed by atoms with Gasteiger partial charge in [-0.25, -0.2) is 4.98 Å². The highest BCUT2D eigenvalue weighted by molar-refractivity contribution is 5.92. The van der Waals surface area contributed by atoms with Gasteiger partial charge >= 0.3 is 0 Å². The summed E-state index contributed by atoms with van der Waals surface area (Å²) in [6, 6.07) is 0. The molecule has 5 nitrogen and oxygen atoms in total. The molecule has 2 fully saturated rings. The highest BCUT2D eigenvalue weighted by Crippen LogP contribution is 2.27. The van der Waals surface area contributed by atoms with Crippen LogP contribution in [0.25, 0.3) is 0 Å². The first-order chi connectivity index (χ1) is 7.75. The third-order valence-electron chi connectivity index (χ3n) is 3.62. The molecule has 0 bridgehead atoms. The van der Waals surface area contributed by atoms with Gasteiger partial charge in [0.05, 0.1) is 5.69 Å². The molecule has 0 aromatic carbocycles. The topological polar surface area (TPSA) is 58.4 Å². The lowest BCUT2D eigenvalue weighted by molar-refractivity contribution is 0.0749. The molecule has 2 atom stereocenters. The molecule has 0 aliphatic carbocycles. The highest BCUT2D eigenvalue weighted by atomic mass is 16.3. The van der Waals surface area contributed by atoms with Gasteiger partial charge in [0.25, 0.3) is 5.91 Å². The third kappa shape index (κ3) is 1.43. The molecule has 0 radical (unpaired) electrons. The van der Waals surface area contributed by atoms with E-state index in [2.05, 4.69) is 10.3 Å². The van der Waals surface area contributed by atoms with Gasteiger partial charge in [0.15, 0.2) is 6.39 Å². The molecule has 3 rings (SSSR count). The number of hydrogen-bond acceptors (Lipinski definition) is 4. The Kier molecular flexibility index (Phi) is 2.21. The lowest BCUT2D eigenvalue weighted by atomic mass is 10.0. The van der Waals surface area contributed by atoms with Crippen molar-refractivity contribution >= 4 is 5.91 Å². The summed E-state index contributed by atoms with van der Waals surface area (Å²) in [5.74, 6) is 1.62. The maximum Gasteiger partial charge on any atom is 0.291 e. The maximum absolute atomic E-state index is 12.1. The molecule has 0 saturated carbocycles. The Labute approximate surface area is 93.8 Å². The number of nitrogens with one attached hydrogen (secondary N) is 1. The van der Waals surface area contributed by atoms with E-state index in [-0.39, 0.29) is 5.91 Å². The van der Waals surface area contributed by atoms with Gasteiger partial charge in [0.1, 0.15) is 0 Å². The van der Waals surface area contributed by atoms with Crippen LogP contribution < -0.4 is 5.32 Å². The average molecular weight is 221 g/mol. The molecule has 0 spiro atoms. The van der Waals surface area contributed by atoms with Crippen LogP contribution in [0.4, 0.5) is 0 Å². The summed E-state index contributed by atoms with van der Waals surface area (Å²) in [6.07, 6.45) is 1.33. The number of carbonyl (C=O) groups is 1.